The maximum atomic E-state index is 11.7. The number of thiophene rings is 1. The van der Waals surface area contributed by atoms with Crippen LogP contribution in [0.2, 0.25) is 5.28 Å². The van der Waals surface area contributed by atoms with Gasteiger partial charge in [0, 0.05) is 44.1 Å². The predicted octanol–water partition coefficient (Wildman–Crippen LogP) is 3.39. The van der Waals surface area contributed by atoms with E-state index >= 15 is 0 Å². The second-order valence-electron chi connectivity index (χ2n) is 8.94. The van der Waals surface area contributed by atoms with Crippen molar-refractivity contribution in [2.45, 2.75) is 33.4 Å². The number of ether oxygens (including phenoxy) is 1. The number of morpholine rings is 1. The van der Waals surface area contributed by atoms with Crippen LogP contribution in [0, 0.1) is 5.41 Å². The van der Waals surface area contributed by atoms with Crippen molar-refractivity contribution >= 4 is 45.1 Å². The second-order valence-corrected chi connectivity index (χ2v) is 10.4. The zero-order valence-corrected chi connectivity index (χ0v) is 19.2. The molecule has 2 aromatic heterocycles. The number of hydrogen-bond donors (Lipinski definition) is 1. The summed E-state index contributed by atoms with van der Waals surface area (Å²) < 4.78 is 6.51. The van der Waals surface area contributed by atoms with Crippen LogP contribution in [0.25, 0.3) is 10.2 Å². The fourth-order valence-electron chi connectivity index (χ4n) is 4.18. The first-order chi connectivity index (χ1) is 14.2. The maximum absolute atomic E-state index is 11.7. The van der Waals surface area contributed by atoms with Gasteiger partial charge in [-0.1, -0.05) is 20.8 Å². The zero-order valence-electron chi connectivity index (χ0n) is 17.6. The SMILES string of the molecule is CC(C)(C)C1CN(Cc2cc3nc(Cl)nc(N4CCOCC4)c3s2)CCN1C(=O)O. The predicted molar refractivity (Wildman–Crippen MR) is 119 cm³/mol. The van der Waals surface area contributed by atoms with Crippen LogP contribution in [0.1, 0.15) is 25.6 Å². The summed E-state index contributed by atoms with van der Waals surface area (Å²) in [5.74, 6) is 0.882. The standard InChI is InChI=1S/C20H28ClN5O3S/c1-20(2,3)15-12-24(4-5-26(15)19(27)28)11-13-10-14-16(30-13)17(23-18(21)22-14)25-6-8-29-9-7-25/h10,15H,4-9,11-12H2,1-3H3,(H,27,28). The minimum Gasteiger partial charge on any atom is -0.465 e. The van der Waals surface area contributed by atoms with Crippen molar-refractivity contribution < 1.29 is 14.6 Å². The summed E-state index contributed by atoms with van der Waals surface area (Å²) in [6.45, 7) is 12.0. The lowest BCUT2D eigenvalue weighted by atomic mass is 9.84. The van der Waals surface area contributed by atoms with Gasteiger partial charge >= 0.3 is 6.09 Å². The molecule has 8 nitrogen and oxygen atoms in total. The smallest absolute Gasteiger partial charge is 0.407 e. The third-order valence-corrected chi connectivity index (χ3v) is 7.05. The van der Waals surface area contributed by atoms with E-state index in [9.17, 15) is 9.90 Å². The first-order valence-electron chi connectivity index (χ1n) is 10.2. The van der Waals surface area contributed by atoms with E-state index in [1.807, 2.05) is 0 Å². The molecule has 2 aliphatic rings. The summed E-state index contributed by atoms with van der Waals surface area (Å²) in [4.78, 5) is 27.9. The summed E-state index contributed by atoms with van der Waals surface area (Å²) in [6, 6.07) is 2.05. The molecule has 2 fully saturated rings. The van der Waals surface area contributed by atoms with Gasteiger partial charge in [-0.25, -0.2) is 9.78 Å². The Kier molecular flexibility index (Phi) is 6.07. The summed E-state index contributed by atoms with van der Waals surface area (Å²) in [5.41, 5.74) is 0.743. The Morgan fingerprint density at radius 2 is 2.00 bits per heavy atom. The summed E-state index contributed by atoms with van der Waals surface area (Å²) in [7, 11) is 0. The number of carboxylic acid groups (broad SMARTS) is 1. The normalized spacial score (nSPS) is 21.4. The molecule has 30 heavy (non-hydrogen) atoms. The Hall–Kier alpha value is -1.68. The highest BCUT2D eigenvalue weighted by Gasteiger charge is 2.38. The molecule has 2 aromatic rings. The molecule has 4 rings (SSSR count). The van der Waals surface area contributed by atoms with Crippen molar-refractivity contribution in [2.24, 2.45) is 5.41 Å². The molecule has 164 valence electrons. The molecular formula is C20H28ClN5O3S. The summed E-state index contributed by atoms with van der Waals surface area (Å²) in [6.07, 6.45) is -0.837. The van der Waals surface area contributed by atoms with Crippen LogP contribution in [-0.2, 0) is 11.3 Å². The number of hydrogen-bond acceptors (Lipinski definition) is 7. The minimum atomic E-state index is -0.837. The zero-order chi connectivity index (χ0) is 21.5. The summed E-state index contributed by atoms with van der Waals surface area (Å²) in [5, 5.41) is 9.85. The van der Waals surface area contributed by atoms with Crippen molar-refractivity contribution in [3.63, 3.8) is 0 Å². The number of piperazine rings is 1. The highest BCUT2D eigenvalue weighted by atomic mass is 35.5. The van der Waals surface area contributed by atoms with Crippen molar-refractivity contribution in [3.8, 4) is 0 Å². The van der Waals surface area contributed by atoms with Crippen molar-refractivity contribution in [3.05, 3.63) is 16.2 Å². The van der Waals surface area contributed by atoms with E-state index in [1.165, 1.54) is 4.88 Å². The largest absolute Gasteiger partial charge is 0.465 e. The van der Waals surface area contributed by atoms with Crippen molar-refractivity contribution in [1.82, 2.24) is 19.8 Å². The van der Waals surface area contributed by atoms with Crippen LogP contribution >= 0.6 is 22.9 Å². The Morgan fingerprint density at radius 3 is 2.67 bits per heavy atom. The average Bonchev–Trinajstić information content (AvgIpc) is 3.09. The molecule has 0 radical (unpaired) electrons. The number of carbonyl (C=O) groups is 1. The van der Waals surface area contributed by atoms with Gasteiger partial charge in [-0.15, -0.1) is 11.3 Å². The molecule has 0 aliphatic carbocycles. The molecule has 1 unspecified atom stereocenters. The van der Waals surface area contributed by atoms with Crippen molar-refractivity contribution in [1.29, 1.82) is 0 Å². The van der Waals surface area contributed by atoms with Crippen molar-refractivity contribution in [2.75, 3.05) is 50.8 Å². The van der Waals surface area contributed by atoms with E-state index in [0.29, 0.717) is 26.3 Å². The third kappa shape index (κ3) is 4.49. The van der Waals surface area contributed by atoms with Crippen LogP contribution in [0.4, 0.5) is 10.6 Å². The first-order valence-corrected chi connectivity index (χ1v) is 11.4. The van der Waals surface area contributed by atoms with Gasteiger partial charge in [-0.05, 0) is 23.1 Å². The monoisotopic (exact) mass is 453 g/mol. The van der Waals surface area contributed by atoms with E-state index in [4.69, 9.17) is 16.3 Å². The number of rotatable bonds is 3. The van der Waals surface area contributed by atoms with Crippen LogP contribution in [0.3, 0.4) is 0 Å². The van der Waals surface area contributed by atoms with Gasteiger partial charge < -0.3 is 19.6 Å². The van der Waals surface area contributed by atoms with Gasteiger partial charge in [-0.3, -0.25) is 4.90 Å². The topological polar surface area (TPSA) is 82.0 Å². The van der Waals surface area contributed by atoms with Gasteiger partial charge in [0.15, 0.2) is 5.82 Å². The van der Waals surface area contributed by atoms with Gasteiger partial charge in [0.25, 0.3) is 0 Å². The van der Waals surface area contributed by atoms with Gasteiger partial charge in [0.1, 0.15) is 0 Å². The Bertz CT molecular complexity index is 925. The number of amides is 1. The molecule has 10 heteroatoms. The Morgan fingerprint density at radius 1 is 1.27 bits per heavy atom. The molecule has 1 N–H and O–H groups in total. The van der Waals surface area contributed by atoms with Gasteiger partial charge in [-0.2, -0.15) is 4.98 Å². The molecule has 1 atom stereocenters. The van der Waals surface area contributed by atoms with E-state index in [0.717, 1.165) is 42.2 Å². The highest BCUT2D eigenvalue weighted by Crippen LogP contribution is 2.35. The quantitative estimate of drug-likeness (QED) is 0.713. The van der Waals surface area contributed by atoms with Crippen LogP contribution in [-0.4, -0.2) is 82.9 Å². The molecule has 1 amide bonds. The Labute approximate surface area is 185 Å². The molecule has 2 saturated heterocycles. The number of anilines is 1. The number of nitrogens with zero attached hydrogens (tertiary/aromatic N) is 5. The number of halogens is 1. The number of fused-ring (bicyclic) bond motifs is 1. The molecule has 0 aromatic carbocycles. The van der Waals surface area contributed by atoms with E-state index < -0.39 is 6.09 Å². The lowest BCUT2D eigenvalue weighted by Gasteiger charge is -2.45. The van der Waals surface area contributed by atoms with Gasteiger partial charge in [0.05, 0.1) is 29.5 Å². The van der Waals surface area contributed by atoms with E-state index in [2.05, 4.69) is 46.6 Å². The molecule has 0 saturated carbocycles. The maximum Gasteiger partial charge on any atom is 0.407 e. The van der Waals surface area contributed by atoms with Crippen LogP contribution in [0.15, 0.2) is 6.07 Å². The number of aromatic nitrogens is 2. The minimum absolute atomic E-state index is 0.0451. The molecule has 4 heterocycles. The molecule has 0 bridgehead atoms. The Balaban J connectivity index is 1.56. The van der Waals surface area contributed by atoms with E-state index in [-0.39, 0.29) is 16.7 Å². The molecular weight excluding hydrogens is 426 g/mol. The first kappa shape index (κ1) is 21.5. The molecule has 0 spiro atoms. The average molecular weight is 454 g/mol. The molecule has 2 aliphatic heterocycles. The third-order valence-electron chi connectivity index (χ3n) is 5.78. The fraction of sp³-hybridized carbons (Fsp3) is 0.650. The van der Waals surface area contributed by atoms with E-state index in [1.54, 1.807) is 16.2 Å². The summed E-state index contributed by atoms with van der Waals surface area (Å²) >= 11 is 7.91. The van der Waals surface area contributed by atoms with Crippen LogP contribution < -0.4 is 4.90 Å². The second kappa shape index (κ2) is 8.45. The lowest BCUT2D eigenvalue weighted by molar-refractivity contribution is 0.0193. The fourth-order valence-corrected chi connectivity index (χ4v) is 5.50. The lowest BCUT2D eigenvalue weighted by Crippen LogP contribution is -2.59. The highest BCUT2D eigenvalue weighted by molar-refractivity contribution is 7.19. The van der Waals surface area contributed by atoms with Gasteiger partial charge in [0.2, 0.25) is 5.28 Å². The van der Waals surface area contributed by atoms with Crippen LogP contribution in [0.5, 0.6) is 0 Å².